The van der Waals surface area contributed by atoms with Crippen molar-refractivity contribution in [1.29, 1.82) is 0 Å². The largest absolute Gasteiger partial charge is 0.354 e. The zero-order chi connectivity index (χ0) is 16.1. The molecule has 1 aromatic rings. The molecule has 126 valence electrons. The SMILES string of the molecule is O=C(NCCN1CCNCC1)C1CNNC1c1ccc(F)cc1. The van der Waals surface area contributed by atoms with Gasteiger partial charge in [-0.05, 0) is 17.7 Å². The second kappa shape index (κ2) is 7.83. The summed E-state index contributed by atoms with van der Waals surface area (Å²) in [5.41, 5.74) is 7.06. The number of piperazine rings is 1. The molecule has 0 saturated carbocycles. The molecule has 2 aliphatic rings. The number of nitrogens with zero attached hydrogens (tertiary/aromatic N) is 1. The highest BCUT2D eigenvalue weighted by molar-refractivity contribution is 5.80. The van der Waals surface area contributed by atoms with E-state index in [1.165, 1.54) is 12.1 Å². The third kappa shape index (κ3) is 4.26. The lowest BCUT2D eigenvalue weighted by molar-refractivity contribution is -0.125. The van der Waals surface area contributed by atoms with Crippen LogP contribution in [-0.4, -0.2) is 56.6 Å². The van der Waals surface area contributed by atoms with Crippen LogP contribution in [0.5, 0.6) is 0 Å². The van der Waals surface area contributed by atoms with Crippen LogP contribution >= 0.6 is 0 Å². The van der Waals surface area contributed by atoms with Gasteiger partial charge in [-0.2, -0.15) is 0 Å². The maximum atomic E-state index is 13.0. The summed E-state index contributed by atoms with van der Waals surface area (Å²) in [6.45, 7) is 6.19. The predicted octanol–water partition coefficient (Wildman–Crippen LogP) is -0.388. The standard InChI is InChI=1S/C16H24FN5O/c17-13-3-1-12(2-4-13)15-14(11-20-21-15)16(23)19-7-10-22-8-5-18-6-9-22/h1-4,14-15,18,20-21H,5-11H2,(H,19,23). The van der Waals surface area contributed by atoms with E-state index < -0.39 is 0 Å². The second-order valence-corrected chi connectivity index (χ2v) is 6.04. The van der Waals surface area contributed by atoms with Crippen molar-refractivity contribution >= 4 is 5.91 Å². The van der Waals surface area contributed by atoms with Gasteiger partial charge in [-0.25, -0.2) is 9.82 Å². The van der Waals surface area contributed by atoms with Crippen LogP contribution in [0.4, 0.5) is 4.39 Å². The van der Waals surface area contributed by atoms with Gasteiger partial charge in [0.25, 0.3) is 0 Å². The van der Waals surface area contributed by atoms with Gasteiger partial charge in [-0.3, -0.25) is 15.1 Å². The number of amides is 1. The van der Waals surface area contributed by atoms with E-state index in [1.807, 2.05) is 0 Å². The van der Waals surface area contributed by atoms with E-state index in [0.717, 1.165) is 38.3 Å². The molecule has 23 heavy (non-hydrogen) atoms. The molecule has 6 nitrogen and oxygen atoms in total. The average Bonchev–Trinajstić information content (AvgIpc) is 3.06. The zero-order valence-electron chi connectivity index (χ0n) is 13.1. The molecule has 0 aliphatic carbocycles. The molecule has 2 aliphatic heterocycles. The Balaban J connectivity index is 1.50. The minimum absolute atomic E-state index is 0.0342. The number of nitrogens with one attached hydrogen (secondary N) is 4. The molecule has 2 unspecified atom stereocenters. The number of carbonyl (C=O) groups is 1. The van der Waals surface area contributed by atoms with Crippen molar-refractivity contribution in [1.82, 2.24) is 26.4 Å². The molecule has 0 spiro atoms. The van der Waals surface area contributed by atoms with Crippen LogP contribution < -0.4 is 21.5 Å². The van der Waals surface area contributed by atoms with E-state index >= 15 is 0 Å². The van der Waals surface area contributed by atoms with Gasteiger partial charge >= 0.3 is 0 Å². The van der Waals surface area contributed by atoms with Gasteiger partial charge in [0.1, 0.15) is 5.82 Å². The number of hydrogen-bond donors (Lipinski definition) is 4. The molecule has 1 amide bonds. The van der Waals surface area contributed by atoms with E-state index in [-0.39, 0.29) is 23.7 Å². The van der Waals surface area contributed by atoms with Gasteiger partial charge in [-0.15, -0.1) is 0 Å². The van der Waals surface area contributed by atoms with Crippen molar-refractivity contribution in [3.63, 3.8) is 0 Å². The highest BCUT2D eigenvalue weighted by Crippen LogP contribution is 2.25. The van der Waals surface area contributed by atoms with Crippen molar-refractivity contribution in [2.75, 3.05) is 45.8 Å². The Morgan fingerprint density at radius 3 is 2.74 bits per heavy atom. The van der Waals surface area contributed by atoms with Crippen molar-refractivity contribution in [2.24, 2.45) is 5.92 Å². The molecular weight excluding hydrogens is 297 g/mol. The molecule has 2 atom stereocenters. The topological polar surface area (TPSA) is 68.4 Å². The second-order valence-electron chi connectivity index (χ2n) is 6.04. The van der Waals surface area contributed by atoms with Crippen molar-refractivity contribution < 1.29 is 9.18 Å². The summed E-state index contributed by atoms with van der Waals surface area (Å²) in [6.07, 6.45) is 0. The highest BCUT2D eigenvalue weighted by Gasteiger charge is 2.33. The van der Waals surface area contributed by atoms with Gasteiger partial charge in [-0.1, -0.05) is 12.1 Å². The van der Waals surface area contributed by atoms with Crippen LogP contribution in [0.1, 0.15) is 11.6 Å². The molecule has 1 aromatic carbocycles. The van der Waals surface area contributed by atoms with Crippen LogP contribution in [0.25, 0.3) is 0 Å². The summed E-state index contributed by atoms with van der Waals surface area (Å²) < 4.78 is 13.0. The maximum absolute atomic E-state index is 13.0. The Morgan fingerprint density at radius 2 is 2.00 bits per heavy atom. The number of halogens is 1. The molecule has 7 heteroatoms. The lowest BCUT2D eigenvalue weighted by Crippen LogP contribution is -2.47. The Hall–Kier alpha value is -1.54. The van der Waals surface area contributed by atoms with Gasteiger partial charge in [0.05, 0.1) is 12.0 Å². The molecular formula is C16H24FN5O. The number of carbonyl (C=O) groups excluding carboxylic acids is 1. The summed E-state index contributed by atoms with van der Waals surface area (Å²) in [6, 6.07) is 6.17. The predicted molar refractivity (Wildman–Crippen MR) is 86.1 cm³/mol. The third-order valence-corrected chi connectivity index (χ3v) is 4.48. The van der Waals surface area contributed by atoms with E-state index in [0.29, 0.717) is 13.1 Å². The number of rotatable bonds is 5. The van der Waals surface area contributed by atoms with Crippen LogP contribution in [0.2, 0.25) is 0 Å². The van der Waals surface area contributed by atoms with E-state index in [1.54, 1.807) is 12.1 Å². The van der Waals surface area contributed by atoms with E-state index in [2.05, 4.69) is 26.4 Å². The van der Waals surface area contributed by atoms with Crippen LogP contribution in [0, 0.1) is 11.7 Å². The van der Waals surface area contributed by atoms with E-state index in [4.69, 9.17) is 0 Å². The molecule has 2 heterocycles. The lowest BCUT2D eigenvalue weighted by Gasteiger charge is -2.27. The molecule has 2 saturated heterocycles. The quantitative estimate of drug-likeness (QED) is 0.595. The molecule has 3 rings (SSSR count). The fourth-order valence-electron chi connectivity index (χ4n) is 3.13. The summed E-state index contributed by atoms with van der Waals surface area (Å²) >= 11 is 0. The Bertz CT molecular complexity index is 518. The Kier molecular flexibility index (Phi) is 5.56. The lowest BCUT2D eigenvalue weighted by atomic mass is 9.94. The van der Waals surface area contributed by atoms with Gasteiger partial charge < -0.3 is 10.6 Å². The first kappa shape index (κ1) is 16.3. The summed E-state index contributed by atoms with van der Waals surface area (Å²) in [5, 5.41) is 6.34. The normalized spacial score (nSPS) is 25.4. The highest BCUT2D eigenvalue weighted by atomic mass is 19.1. The van der Waals surface area contributed by atoms with Crippen molar-refractivity contribution in [2.45, 2.75) is 6.04 Å². The average molecular weight is 321 g/mol. The third-order valence-electron chi connectivity index (χ3n) is 4.48. The maximum Gasteiger partial charge on any atom is 0.226 e. The fraction of sp³-hybridized carbons (Fsp3) is 0.562. The van der Waals surface area contributed by atoms with Gasteiger partial charge in [0, 0.05) is 45.8 Å². The van der Waals surface area contributed by atoms with Crippen LogP contribution in [0.15, 0.2) is 24.3 Å². The summed E-state index contributed by atoms with van der Waals surface area (Å²) in [7, 11) is 0. The van der Waals surface area contributed by atoms with Crippen LogP contribution in [0.3, 0.4) is 0 Å². The minimum Gasteiger partial charge on any atom is -0.354 e. The smallest absolute Gasteiger partial charge is 0.226 e. The molecule has 4 N–H and O–H groups in total. The van der Waals surface area contributed by atoms with Crippen molar-refractivity contribution in [3.05, 3.63) is 35.6 Å². The minimum atomic E-state index is -0.267. The molecule has 0 aromatic heterocycles. The van der Waals surface area contributed by atoms with Crippen LogP contribution in [-0.2, 0) is 4.79 Å². The molecule has 0 radical (unpaired) electrons. The summed E-state index contributed by atoms with van der Waals surface area (Å²) in [5.74, 6) is -0.424. The van der Waals surface area contributed by atoms with Crippen molar-refractivity contribution in [3.8, 4) is 0 Å². The molecule has 2 fully saturated rings. The Morgan fingerprint density at radius 1 is 1.26 bits per heavy atom. The fourth-order valence-corrected chi connectivity index (χ4v) is 3.13. The van der Waals surface area contributed by atoms with Gasteiger partial charge in [0.15, 0.2) is 0 Å². The number of benzene rings is 1. The Labute approximate surface area is 135 Å². The van der Waals surface area contributed by atoms with Gasteiger partial charge in [0.2, 0.25) is 5.91 Å². The van der Waals surface area contributed by atoms with E-state index in [9.17, 15) is 9.18 Å². The summed E-state index contributed by atoms with van der Waals surface area (Å²) in [4.78, 5) is 14.8. The zero-order valence-corrected chi connectivity index (χ0v) is 13.1. The first-order valence-electron chi connectivity index (χ1n) is 8.18. The number of hydrazine groups is 1. The first-order chi connectivity index (χ1) is 11.2. The molecule has 0 bridgehead atoms. The number of hydrogen-bond acceptors (Lipinski definition) is 5. The monoisotopic (exact) mass is 321 g/mol. The first-order valence-corrected chi connectivity index (χ1v) is 8.18.